The molecule has 2 unspecified atom stereocenters. The summed E-state index contributed by atoms with van der Waals surface area (Å²) in [7, 11) is 0. The Hall–Kier alpha value is -0.120. The van der Waals surface area contributed by atoms with Crippen molar-refractivity contribution in [3.63, 3.8) is 0 Å². The number of hydrogen-bond acceptors (Lipinski definition) is 3. The van der Waals surface area contributed by atoms with Gasteiger partial charge in [0, 0.05) is 12.6 Å². The fraction of sp³-hybridized carbons (Fsp3) is 1.00. The SMILES string of the molecule is CC1NCCCC1OCCN1CCCC1. The molecule has 2 aliphatic rings. The van der Waals surface area contributed by atoms with Crippen LogP contribution < -0.4 is 5.32 Å². The largest absolute Gasteiger partial charge is 0.375 e. The van der Waals surface area contributed by atoms with E-state index in [4.69, 9.17) is 4.74 Å². The van der Waals surface area contributed by atoms with Crippen LogP contribution in [-0.2, 0) is 4.74 Å². The first-order valence-corrected chi connectivity index (χ1v) is 6.43. The number of piperidine rings is 1. The lowest BCUT2D eigenvalue weighted by Crippen LogP contribution is -2.44. The lowest BCUT2D eigenvalue weighted by atomic mass is 10.0. The van der Waals surface area contributed by atoms with Gasteiger partial charge in [0.1, 0.15) is 0 Å². The van der Waals surface area contributed by atoms with Gasteiger partial charge in [0.25, 0.3) is 0 Å². The Bertz CT molecular complexity index is 180. The topological polar surface area (TPSA) is 24.5 Å². The van der Waals surface area contributed by atoms with E-state index in [0.29, 0.717) is 12.1 Å². The van der Waals surface area contributed by atoms with Gasteiger partial charge in [-0.05, 0) is 52.2 Å². The van der Waals surface area contributed by atoms with Crippen molar-refractivity contribution < 1.29 is 4.74 Å². The quantitative estimate of drug-likeness (QED) is 0.759. The zero-order chi connectivity index (χ0) is 10.5. The minimum absolute atomic E-state index is 0.446. The standard InChI is InChI=1S/C12H24N2O/c1-11-12(5-4-6-13-11)15-10-9-14-7-2-3-8-14/h11-13H,2-10H2,1H3. The Labute approximate surface area is 93.2 Å². The molecule has 2 fully saturated rings. The van der Waals surface area contributed by atoms with E-state index in [1.165, 1.54) is 38.8 Å². The Morgan fingerprint density at radius 2 is 2.07 bits per heavy atom. The average molecular weight is 212 g/mol. The molecule has 88 valence electrons. The second-order valence-corrected chi connectivity index (χ2v) is 4.84. The van der Waals surface area contributed by atoms with Crippen LogP contribution >= 0.6 is 0 Å². The van der Waals surface area contributed by atoms with E-state index < -0.39 is 0 Å². The molecule has 0 amide bonds. The summed E-state index contributed by atoms with van der Waals surface area (Å²) in [6.07, 6.45) is 5.69. The summed E-state index contributed by atoms with van der Waals surface area (Å²) in [5, 5.41) is 3.47. The summed E-state index contributed by atoms with van der Waals surface area (Å²) >= 11 is 0. The van der Waals surface area contributed by atoms with Crippen molar-refractivity contribution in [2.45, 2.75) is 44.8 Å². The molecule has 0 aromatic rings. The molecule has 0 aromatic heterocycles. The monoisotopic (exact) mass is 212 g/mol. The molecule has 15 heavy (non-hydrogen) atoms. The summed E-state index contributed by atoms with van der Waals surface area (Å²) in [6.45, 7) is 8.00. The van der Waals surface area contributed by atoms with Crippen molar-refractivity contribution in [2.75, 3.05) is 32.8 Å². The van der Waals surface area contributed by atoms with Crippen molar-refractivity contribution >= 4 is 0 Å². The molecular formula is C12H24N2O. The maximum Gasteiger partial charge on any atom is 0.0726 e. The Morgan fingerprint density at radius 3 is 2.80 bits per heavy atom. The first kappa shape index (κ1) is 11.4. The van der Waals surface area contributed by atoms with Crippen LogP contribution in [0.4, 0.5) is 0 Å². The Kier molecular flexibility index (Phi) is 4.42. The van der Waals surface area contributed by atoms with Crippen LogP contribution in [0.3, 0.4) is 0 Å². The summed E-state index contributed by atoms with van der Waals surface area (Å²) in [4.78, 5) is 2.51. The van der Waals surface area contributed by atoms with Crippen molar-refractivity contribution in [1.82, 2.24) is 10.2 Å². The summed E-state index contributed by atoms with van der Waals surface area (Å²) < 4.78 is 5.95. The predicted octanol–water partition coefficient (Wildman–Crippen LogP) is 1.24. The number of likely N-dealkylation sites (tertiary alicyclic amines) is 1. The van der Waals surface area contributed by atoms with Crippen LogP contribution in [0.2, 0.25) is 0 Å². The number of ether oxygens (including phenoxy) is 1. The van der Waals surface area contributed by atoms with Gasteiger partial charge in [-0.15, -0.1) is 0 Å². The summed E-state index contributed by atoms with van der Waals surface area (Å²) in [5.41, 5.74) is 0. The van der Waals surface area contributed by atoms with Gasteiger partial charge in [0.15, 0.2) is 0 Å². The van der Waals surface area contributed by atoms with Crippen LogP contribution in [0.1, 0.15) is 32.6 Å². The molecule has 3 nitrogen and oxygen atoms in total. The predicted molar refractivity (Wildman–Crippen MR) is 62.1 cm³/mol. The minimum Gasteiger partial charge on any atom is -0.375 e. The molecular weight excluding hydrogens is 188 g/mol. The molecule has 0 bridgehead atoms. The van der Waals surface area contributed by atoms with E-state index in [1.807, 2.05) is 0 Å². The molecule has 0 aromatic carbocycles. The summed E-state index contributed by atoms with van der Waals surface area (Å²) in [6, 6.07) is 0.539. The molecule has 2 aliphatic heterocycles. The molecule has 0 spiro atoms. The van der Waals surface area contributed by atoms with Crippen LogP contribution in [0.25, 0.3) is 0 Å². The Morgan fingerprint density at radius 1 is 1.27 bits per heavy atom. The number of nitrogens with one attached hydrogen (secondary N) is 1. The zero-order valence-corrected chi connectivity index (χ0v) is 9.87. The van der Waals surface area contributed by atoms with Crippen molar-refractivity contribution in [3.8, 4) is 0 Å². The van der Waals surface area contributed by atoms with E-state index in [-0.39, 0.29) is 0 Å². The molecule has 0 radical (unpaired) electrons. The molecule has 2 saturated heterocycles. The molecule has 0 saturated carbocycles. The smallest absolute Gasteiger partial charge is 0.0726 e. The number of rotatable bonds is 4. The van der Waals surface area contributed by atoms with E-state index in [2.05, 4.69) is 17.1 Å². The van der Waals surface area contributed by atoms with Crippen LogP contribution in [0, 0.1) is 0 Å². The van der Waals surface area contributed by atoms with Crippen molar-refractivity contribution in [3.05, 3.63) is 0 Å². The van der Waals surface area contributed by atoms with Crippen LogP contribution in [0.15, 0.2) is 0 Å². The van der Waals surface area contributed by atoms with E-state index in [1.54, 1.807) is 0 Å². The normalized spacial score (nSPS) is 33.4. The highest BCUT2D eigenvalue weighted by Gasteiger charge is 2.21. The average Bonchev–Trinajstić information content (AvgIpc) is 2.74. The van der Waals surface area contributed by atoms with E-state index >= 15 is 0 Å². The van der Waals surface area contributed by atoms with Gasteiger partial charge in [0.2, 0.25) is 0 Å². The van der Waals surface area contributed by atoms with E-state index in [9.17, 15) is 0 Å². The highest BCUT2D eigenvalue weighted by Crippen LogP contribution is 2.13. The number of hydrogen-bond donors (Lipinski definition) is 1. The van der Waals surface area contributed by atoms with Gasteiger partial charge >= 0.3 is 0 Å². The minimum atomic E-state index is 0.446. The van der Waals surface area contributed by atoms with Gasteiger partial charge in [-0.1, -0.05) is 0 Å². The van der Waals surface area contributed by atoms with Gasteiger partial charge in [-0.3, -0.25) is 0 Å². The van der Waals surface area contributed by atoms with Gasteiger partial charge < -0.3 is 15.0 Å². The fourth-order valence-electron chi connectivity index (χ4n) is 2.58. The molecule has 3 heteroatoms. The highest BCUT2D eigenvalue weighted by molar-refractivity contribution is 4.78. The van der Waals surface area contributed by atoms with Crippen molar-refractivity contribution in [1.29, 1.82) is 0 Å². The van der Waals surface area contributed by atoms with Gasteiger partial charge in [-0.25, -0.2) is 0 Å². The fourth-order valence-corrected chi connectivity index (χ4v) is 2.58. The lowest BCUT2D eigenvalue weighted by molar-refractivity contribution is 0.00444. The first-order valence-electron chi connectivity index (χ1n) is 6.43. The second kappa shape index (κ2) is 5.83. The van der Waals surface area contributed by atoms with Gasteiger partial charge in [-0.2, -0.15) is 0 Å². The second-order valence-electron chi connectivity index (χ2n) is 4.84. The third kappa shape index (κ3) is 3.44. The third-order valence-electron chi connectivity index (χ3n) is 3.63. The van der Waals surface area contributed by atoms with Gasteiger partial charge in [0.05, 0.1) is 12.7 Å². The molecule has 0 aliphatic carbocycles. The first-order chi connectivity index (χ1) is 7.36. The molecule has 2 heterocycles. The highest BCUT2D eigenvalue weighted by atomic mass is 16.5. The lowest BCUT2D eigenvalue weighted by Gasteiger charge is -2.30. The van der Waals surface area contributed by atoms with E-state index in [0.717, 1.165) is 19.7 Å². The molecule has 1 N–H and O–H groups in total. The number of nitrogens with zero attached hydrogens (tertiary/aromatic N) is 1. The summed E-state index contributed by atoms with van der Waals surface area (Å²) in [5.74, 6) is 0. The Balaban J connectivity index is 1.59. The molecule has 2 rings (SSSR count). The van der Waals surface area contributed by atoms with Crippen LogP contribution in [-0.4, -0.2) is 49.8 Å². The maximum absolute atomic E-state index is 5.95. The third-order valence-corrected chi connectivity index (χ3v) is 3.63. The van der Waals surface area contributed by atoms with Crippen molar-refractivity contribution in [2.24, 2.45) is 0 Å². The molecule has 2 atom stereocenters. The van der Waals surface area contributed by atoms with Crippen LogP contribution in [0.5, 0.6) is 0 Å². The maximum atomic E-state index is 5.95. The zero-order valence-electron chi connectivity index (χ0n) is 9.87.